The van der Waals surface area contributed by atoms with Gasteiger partial charge in [-0.2, -0.15) is 0 Å². The third-order valence-electron chi connectivity index (χ3n) is 2.74. The predicted octanol–water partition coefficient (Wildman–Crippen LogP) is 2.00. The molecule has 18 heavy (non-hydrogen) atoms. The summed E-state index contributed by atoms with van der Waals surface area (Å²) in [5.41, 5.74) is 0.533. The van der Waals surface area contributed by atoms with Crippen molar-refractivity contribution in [1.82, 2.24) is 0 Å². The molecule has 1 heterocycles. The van der Waals surface area contributed by atoms with E-state index in [1.807, 2.05) is 6.07 Å². The molecule has 2 rings (SSSR count). The van der Waals surface area contributed by atoms with Crippen LogP contribution in [0.15, 0.2) is 36.9 Å². The highest BCUT2D eigenvalue weighted by atomic mass is 16.5. The molecule has 0 aliphatic carbocycles. The van der Waals surface area contributed by atoms with Crippen LogP contribution in [0.25, 0.3) is 0 Å². The number of esters is 1. The van der Waals surface area contributed by atoms with Gasteiger partial charge in [0.2, 0.25) is 0 Å². The summed E-state index contributed by atoms with van der Waals surface area (Å²) in [4.78, 5) is 23.6. The molecule has 1 unspecified atom stereocenters. The van der Waals surface area contributed by atoms with Crippen LogP contribution in [0.1, 0.15) is 16.8 Å². The van der Waals surface area contributed by atoms with E-state index >= 15 is 0 Å². The summed E-state index contributed by atoms with van der Waals surface area (Å²) in [6, 6.07) is 7.04. The molecule has 4 heteroatoms. The number of hydrogen-bond acceptors (Lipinski definition) is 4. The van der Waals surface area contributed by atoms with Crippen LogP contribution in [-0.2, 0) is 9.53 Å². The molecule has 0 saturated carbocycles. The minimum Gasteiger partial charge on any atom is -0.492 e. The van der Waals surface area contributed by atoms with Crippen molar-refractivity contribution in [3.63, 3.8) is 0 Å². The van der Waals surface area contributed by atoms with Crippen molar-refractivity contribution >= 4 is 11.8 Å². The van der Waals surface area contributed by atoms with E-state index in [-0.39, 0.29) is 25.4 Å². The first-order chi connectivity index (χ1) is 8.72. The van der Waals surface area contributed by atoms with Crippen LogP contribution in [0.5, 0.6) is 5.75 Å². The van der Waals surface area contributed by atoms with Crippen molar-refractivity contribution in [3.8, 4) is 5.75 Å². The molecular formula is C14H14O4. The van der Waals surface area contributed by atoms with Crippen molar-refractivity contribution < 1.29 is 19.1 Å². The number of Topliss-reactive ketones (excluding diaryl/α,β-unsaturated/α-hetero) is 1. The first kappa shape index (κ1) is 12.4. The number of ketones is 1. The molecule has 1 aliphatic heterocycles. The fourth-order valence-electron chi connectivity index (χ4n) is 1.85. The standard InChI is InChI=1S/C14H14O4/c1-2-7-17-13(15)8-10-9-18-12-6-4-3-5-11(12)14(10)16/h2-6,10H,1,7-9H2. The summed E-state index contributed by atoms with van der Waals surface area (Å²) in [7, 11) is 0. The number of para-hydroxylation sites is 1. The van der Waals surface area contributed by atoms with Crippen molar-refractivity contribution in [2.75, 3.05) is 13.2 Å². The highest BCUT2D eigenvalue weighted by Crippen LogP contribution is 2.28. The topological polar surface area (TPSA) is 52.6 Å². The second kappa shape index (κ2) is 5.49. The molecule has 1 atom stereocenters. The lowest BCUT2D eigenvalue weighted by atomic mass is 9.92. The van der Waals surface area contributed by atoms with Crippen LogP contribution in [0.4, 0.5) is 0 Å². The van der Waals surface area contributed by atoms with Crippen LogP contribution in [0.3, 0.4) is 0 Å². The second-order valence-corrected chi connectivity index (χ2v) is 4.04. The van der Waals surface area contributed by atoms with Crippen molar-refractivity contribution in [2.45, 2.75) is 6.42 Å². The first-order valence-corrected chi connectivity index (χ1v) is 5.75. The zero-order chi connectivity index (χ0) is 13.0. The Morgan fingerprint density at radius 1 is 1.50 bits per heavy atom. The Morgan fingerprint density at radius 3 is 3.06 bits per heavy atom. The lowest BCUT2D eigenvalue weighted by molar-refractivity contribution is -0.143. The van der Waals surface area contributed by atoms with Gasteiger partial charge in [-0.3, -0.25) is 9.59 Å². The van der Waals surface area contributed by atoms with Crippen LogP contribution >= 0.6 is 0 Å². The van der Waals surface area contributed by atoms with Crippen LogP contribution < -0.4 is 4.74 Å². The van der Waals surface area contributed by atoms with Gasteiger partial charge in [-0.1, -0.05) is 24.8 Å². The molecule has 1 aromatic carbocycles. The third-order valence-corrected chi connectivity index (χ3v) is 2.74. The molecule has 94 valence electrons. The van der Waals surface area contributed by atoms with E-state index < -0.39 is 11.9 Å². The number of ether oxygens (including phenoxy) is 2. The number of fused-ring (bicyclic) bond motifs is 1. The number of carbonyl (C=O) groups excluding carboxylic acids is 2. The molecule has 4 nitrogen and oxygen atoms in total. The van der Waals surface area contributed by atoms with Gasteiger partial charge in [0, 0.05) is 0 Å². The fourth-order valence-corrected chi connectivity index (χ4v) is 1.85. The Kier molecular flexibility index (Phi) is 3.77. The molecule has 0 aromatic heterocycles. The minimum absolute atomic E-state index is 0.0427. The van der Waals surface area contributed by atoms with Gasteiger partial charge in [0.1, 0.15) is 12.4 Å². The highest BCUT2D eigenvalue weighted by Gasteiger charge is 2.30. The van der Waals surface area contributed by atoms with Gasteiger partial charge >= 0.3 is 5.97 Å². The van der Waals surface area contributed by atoms with Gasteiger partial charge in [0.15, 0.2) is 5.78 Å². The Labute approximate surface area is 105 Å². The Morgan fingerprint density at radius 2 is 2.28 bits per heavy atom. The summed E-state index contributed by atoms with van der Waals surface area (Å²) < 4.78 is 10.3. The minimum atomic E-state index is -0.461. The molecular weight excluding hydrogens is 232 g/mol. The van der Waals surface area contributed by atoms with E-state index in [2.05, 4.69) is 6.58 Å². The lowest BCUT2D eigenvalue weighted by Gasteiger charge is -2.23. The van der Waals surface area contributed by atoms with E-state index in [4.69, 9.17) is 9.47 Å². The normalized spacial score (nSPS) is 17.6. The van der Waals surface area contributed by atoms with E-state index in [0.717, 1.165) is 0 Å². The predicted molar refractivity (Wildman–Crippen MR) is 65.5 cm³/mol. The van der Waals surface area contributed by atoms with Crippen molar-refractivity contribution in [2.24, 2.45) is 5.92 Å². The number of rotatable bonds is 4. The van der Waals surface area contributed by atoms with E-state index in [9.17, 15) is 9.59 Å². The number of hydrogen-bond donors (Lipinski definition) is 0. The number of benzene rings is 1. The van der Waals surface area contributed by atoms with Gasteiger partial charge in [-0.25, -0.2) is 0 Å². The largest absolute Gasteiger partial charge is 0.492 e. The first-order valence-electron chi connectivity index (χ1n) is 5.75. The van der Waals surface area contributed by atoms with Gasteiger partial charge in [0.05, 0.1) is 24.5 Å². The van der Waals surface area contributed by atoms with Crippen LogP contribution in [0, 0.1) is 5.92 Å². The van der Waals surface area contributed by atoms with E-state index in [1.165, 1.54) is 6.08 Å². The van der Waals surface area contributed by atoms with Crippen LogP contribution in [-0.4, -0.2) is 25.0 Å². The Hall–Kier alpha value is -2.10. The summed E-state index contributed by atoms with van der Waals surface area (Å²) in [5.74, 6) is -0.348. The molecule has 0 amide bonds. The van der Waals surface area contributed by atoms with E-state index in [0.29, 0.717) is 11.3 Å². The molecule has 1 aliphatic rings. The van der Waals surface area contributed by atoms with Gasteiger partial charge in [-0.15, -0.1) is 0 Å². The smallest absolute Gasteiger partial charge is 0.306 e. The van der Waals surface area contributed by atoms with Crippen LogP contribution in [0.2, 0.25) is 0 Å². The molecule has 1 aromatic rings. The van der Waals surface area contributed by atoms with Gasteiger partial charge in [0.25, 0.3) is 0 Å². The zero-order valence-electron chi connectivity index (χ0n) is 9.93. The monoisotopic (exact) mass is 246 g/mol. The summed E-state index contributed by atoms with van der Waals surface area (Å²) in [5, 5.41) is 0. The Bertz CT molecular complexity index is 478. The average Bonchev–Trinajstić information content (AvgIpc) is 2.40. The quantitative estimate of drug-likeness (QED) is 0.602. The molecule has 0 spiro atoms. The second-order valence-electron chi connectivity index (χ2n) is 4.04. The molecule has 0 fully saturated rings. The van der Waals surface area contributed by atoms with Gasteiger partial charge in [-0.05, 0) is 12.1 Å². The number of carbonyl (C=O) groups is 2. The summed E-state index contributed by atoms with van der Waals surface area (Å²) in [6.45, 7) is 3.84. The lowest BCUT2D eigenvalue weighted by Crippen LogP contribution is -2.30. The summed E-state index contributed by atoms with van der Waals surface area (Å²) in [6.07, 6.45) is 1.54. The molecule has 0 bridgehead atoms. The Balaban J connectivity index is 2.03. The van der Waals surface area contributed by atoms with Crippen molar-refractivity contribution in [1.29, 1.82) is 0 Å². The fraction of sp³-hybridized carbons (Fsp3) is 0.286. The third kappa shape index (κ3) is 2.59. The summed E-state index contributed by atoms with van der Waals surface area (Å²) >= 11 is 0. The molecule has 0 radical (unpaired) electrons. The van der Waals surface area contributed by atoms with E-state index in [1.54, 1.807) is 18.2 Å². The average molecular weight is 246 g/mol. The highest BCUT2D eigenvalue weighted by molar-refractivity contribution is 6.02. The molecule has 0 N–H and O–H groups in total. The maximum Gasteiger partial charge on any atom is 0.306 e. The van der Waals surface area contributed by atoms with Crippen molar-refractivity contribution in [3.05, 3.63) is 42.5 Å². The van der Waals surface area contributed by atoms with Gasteiger partial charge < -0.3 is 9.47 Å². The zero-order valence-corrected chi connectivity index (χ0v) is 9.93. The molecule has 0 saturated heterocycles. The maximum absolute atomic E-state index is 12.1. The maximum atomic E-state index is 12.1. The SMILES string of the molecule is C=CCOC(=O)CC1COc2ccccc2C1=O.